The maximum Gasteiger partial charge on any atom is 0.337 e. The van der Waals surface area contributed by atoms with E-state index in [1.165, 1.54) is 7.11 Å². The summed E-state index contributed by atoms with van der Waals surface area (Å²) in [6.45, 7) is 4.98. The van der Waals surface area contributed by atoms with Gasteiger partial charge in [0.15, 0.2) is 11.5 Å². The molecule has 1 atom stereocenters. The summed E-state index contributed by atoms with van der Waals surface area (Å²) >= 11 is 0. The van der Waals surface area contributed by atoms with Gasteiger partial charge in [-0.25, -0.2) is 4.79 Å². The third-order valence-corrected chi connectivity index (χ3v) is 5.59. The largest absolute Gasteiger partial charge is 0.493 e. The normalized spacial score (nSPS) is 15.2. The summed E-state index contributed by atoms with van der Waals surface area (Å²) in [6, 6.07) is 10.4. The third-order valence-electron chi connectivity index (χ3n) is 5.59. The standard InChI is InChI=1S/C25H31NO6/c1-16(2)12-24(27)26-11-10-18-13-22(29-3)23(30-4)14-20(18)21(26)15-32-19-8-6-17(7-9-19)25(28)31-5/h6-9,13-14,16,21H,10-12,15H2,1-5H3. The smallest absolute Gasteiger partial charge is 0.337 e. The lowest BCUT2D eigenvalue weighted by atomic mass is 9.91. The molecule has 0 bridgehead atoms. The van der Waals surface area contributed by atoms with Crippen molar-refractivity contribution in [2.24, 2.45) is 5.92 Å². The summed E-state index contributed by atoms with van der Waals surface area (Å²) in [5.74, 6) is 1.88. The van der Waals surface area contributed by atoms with Crippen LogP contribution in [0.3, 0.4) is 0 Å². The van der Waals surface area contributed by atoms with Gasteiger partial charge in [0, 0.05) is 13.0 Å². The second-order valence-electron chi connectivity index (χ2n) is 8.18. The molecule has 0 radical (unpaired) electrons. The lowest BCUT2D eigenvalue weighted by Gasteiger charge is -2.38. The molecule has 1 amide bonds. The van der Waals surface area contributed by atoms with Crippen LogP contribution in [0.15, 0.2) is 36.4 Å². The molecule has 172 valence electrons. The molecule has 32 heavy (non-hydrogen) atoms. The van der Waals surface area contributed by atoms with Gasteiger partial charge in [0.25, 0.3) is 0 Å². The van der Waals surface area contributed by atoms with E-state index in [2.05, 4.69) is 0 Å². The fourth-order valence-corrected chi connectivity index (χ4v) is 3.95. The van der Waals surface area contributed by atoms with Crippen molar-refractivity contribution >= 4 is 11.9 Å². The number of benzene rings is 2. The summed E-state index contributed by atoms with van der Waals surface area (Å²) in [7, 11) is 4.56. The molecule has 1 unspecified atom stereocenters. The Morgan fingerprint density at radius 3 is 2.28 bits per heavy atom. The summed E-state index contributed by atoms with van der Waals surface area (Å²) < 4.78 is 21.8. The van der Waals surface area contributed by atoms with Crippen molar-refractivity contribution in [2.45, 2.75) is 32.7 Å². The summed E-state index contributed by atoms with van der Waals surface area (Å²) in [4.78, 5) is 26.6. The molecular formula is C25H31NO6. The highest BCUT2D eigenvalue weighted by Gasteiger charge is 2.33. The second kappa shape index (κ2) is 10.4. The number of hydrogen-bond donors (Lipinski definition) is 0. The van der Waals surface area contributed by atoms with Crippen LogP contribution < -0.4 is 14.2 Å². The molecule has 2 aromatic carbocycles. The number of esters is 1. The first-order valence-electron chi connectivity index (χ1n) is 10.7. The van der Waals surface area contributed by atoms with E-state index >= 15 is 0 Å². The fraction of sp³-hybridized carbons (Fsp3) is 0.440. The van der Waals surface area contributed by atoms with Gasteiger partial charge >= 0.3 is 5.97 Å². The maximum absolute atomic E-state index is 13.0. The topological polar surface area (TPSA) is 74.3 Å². The zero-order valence-corrected chi connectivity index (χ0v) is 19.3. The number of nitrogens with zero attached hydrogens (tertiary/aromatic N) is 1. The van der Waals surface area contributed by atoms with Gasteiger partial charge in [0.05, 0.1) is 32.9 Å². The molecule has 0 aliphatic carbocycles. The zero-order valence-electron chi connectivity index (χ0n) is 19.3. The molecule has 0 N–H and O–H groups in total. The van der Waals surface area contributed by atoms with E-state index in [1.807, 2.05) is 30.9 Å². The summed E-state index contributed by atoms with van der Waals surface area (Å²) in [5.41, 5.74) is 2.57. The Morgan fingerprint density at radius 1 is 1.03 bits per heavy atom. The molecule has 3 rings (SSSR count). The Hall–Kier alpha value is -3.22. The van der Waals surface area contributed by atoms with Crippen molar-refractivity contribution in [2.75, 3.05) is 34.5 Å². The first-order chi connectivity index (χ1) is 15.4. The van der Waals surface area contributed by atoms with Crippen LogP contribution in [0, 0.1) is 5.92 Å². The Labute approximate surface area is 189 Å². The number of carbonyl (C=O) groups is 2. The number of hydrogen-bond acceptors (Lipinski definition) is 6. The van der Waals surface area contributed by atoms with Crippen LogP contribution in [-0.2, 0) is 16.0 Å². The number of ether oxygens (including phenoxy) is 4. The Kier molecular flexibility index (Phi) is 7.62. The highest BCUT2D eigenvalue weighted by molar-refractivity contribution is 5.89. The van der Waals surface area contributed by atoms with Gasteiger partial charge in [-0.05, 0) is 59.9 Å². The third kappa shape index (κ3) is 5.15. The Balaban J connectivity index is 1.89. The molecule has 7 nitrogen and oxygen atoms in total. The molecule has 2 aromatic rings. The van der Waals surface area contributed by atoms with Crippen molar-refractivity contribution in [3.63, 3.8) is 0 Å². The van der Waals surface area contributed by atoms with Crippen molar-refractivity contribution in [3.05, 3.63) is 53.1 Å². The predicted molar refractivity (Wildman–Crippen MR) is 120 cm³/mol. The van der Waals surface area contributed by atoms with Crippen molar-refractivity contribution in [1.82, 2.24) is 4.90 Å². The van der Waals surface area contributed by atoms with Gasteiger partial charge in [-0.3, -0.25) is 4.79 Å². The zero-order chi connectivity index (χ0) is 23.3. The van der Waals surface area contributed by atoms with E-state index < -0.39 is 5.97 Å². The molecule has 7 heteroatoms. The first kappa shape index (κ1) is 23.4. The van der Waals surface area contributed by atoms with Crippen molar-refractivity contribution in [1.29, 1.82) is 0 Å². The minimum Gasteiger partial charge on any atom is -0.493 e. The minimum atomic E-state index is -0.399. The Morgan fingerprint density at radius 2 is 1.69 bits per heavy atom. The van der Waals surface area contributed by atoms with Crippen LogP contribution in [0.25, 0.3) is 0 Å². The quantitative estimate of drug-likeness (QED) is 0.576. The highest BCUT2D eigenvalue weighted by atomic mass is 16.5. The number of fused-ring (bicyclic) bond motifs is 1. The van der Waals surface area contributed by atoms with Gasteiger partial charge in [0.2, 0.25) is 5.91 Å². The van der Waals surface area contributed by atoms with Gasteiger partial charge in [-0.2, -0.15) is 0 Å². The van der Waals surface area contributed by atoms with Gasteiger partial charge < -0.3 is 23.8 Å². The summed E-state index contributed by atoms with van der Waals surface area (Å²) in [5, 5.41) is 0. The molecule has 0 fully saturated rings. The molecule has 1 aliphatic heterocycles. The first-order valence-corrected chi connectivity index (χ1v) is 10.7. The highest BCUT2D eigenvalue weighted by Crippen LogP contribution is 2.38. The van der Waals surface area contributed by atoms with E-state index in [9.17, 15) is 9.59 Å². The monoisotopic (exact) mass is 441 g/mol. The minimum absolute atomic E-state index is 0.107. The maximum atomic E-state index is 13.0. The Bertz CT molecular complexity index is 954. The molecule has 0 spiro atoms. The van der Waals surface area contributed by atoms with Crippen LogP contribution in [0.4, 0.5) is 0 Å². The van der Waals surface area contributed by atoms with E-state index in [0.717, 1.165) is 17.5 Å². The van der Waals surface area contributed by atoms with Crippen LogP contribution in [0.1, 0.15) is 47.8 Å². The SMILES string of the molecule is COC(=O)c1ccc(OCC2c3cc(OC)c(OC)cc3CCN2C(=O)CC(C)C)cc1. The van der Waals surface area contributed by atoms with Crippen LogP contribution in [-0.4, -0.2) is 51.3 Å². The van der Waals surface area contributed by atoms with Gasteiger partial charge in [0.1, 0.15) is 12.4 Å². The lowest BCUT2D eigenvalue weighted by molar-refractivity contribution is -0.135. The average Bonchev–Trinajstić information content (AvgIpc) is 2.80. The second-order valence-corrected chi connectivity index (χ2v) is 8.18. The molecule has 1 aliphatic rings. The lowest BCUT2D eigenvalue weighted by Crippen LogP contribution is -2.43. The van der Waals surface area contributed by atoms with Crippen LogP contribution in [0.2, 0.25) is 0 Å². The molecule has 1 heterocycles. The van der Waals surface area contributed by atoms with E-state index in [4.69, 9.17) is 18.9 Å². The number of rotatable bonds is 8. The number of carbonyl (C=O) groups excluding carboxylic acids is 2. The number of methoxy groups -OCH3 is 3. The molecule has 0 saturated heterocycles. The molecule has 0 saturated carbocycles. The van der Waals surface area contributed by atoms with E-state index in [1.54, 1.807) is 38.5 Å². The average molecular weight is 442 g/mol. The van der Waals surface area contributed by atoms with Crippen LogP contribution in [0.5, 0.6) is 17.2 Å². The predicted octanol–water partition coefficient (Wildman–Crippen LogP) is 4.04. The van der Waals surface area contributed by atoms with Crippen LogP contribution >= 0.6 is 0 Å². The summed E-state index contributed by atoms with van der Waals surface area (Å²) in [6.07, 6.45) is 1.22. The van der Waals surface area contributed by atoms with E-state index in [-0.39, 0.29) is 24.5 Å². The van der Waals surface area contributed by atoms with Gasteiger partial charge in [-0.1, -0.05) is 13.8 Å². The molecular weight excluding hydrogens is 410 g/mol. The fourth-order valence-electron chi connectivity index (χ4n) is 3.95. The van der Waals surface area contributed by atoms with Crippen molar-refractivity contribution in [3.8, 4) is 17.2 Å². The number of amides is 1. The molecule has 0 aromatic heterocycles. The van der Waals surface area contributed by atoms with E-state index in [0.29, 0.717) is 35.8 Å². The van der Waals surface area contributed by atoms with Gasteiger partial charge in [-0.15, -0.1) is 0 Å². The van der Waals surface area contributed by atoms with Crippen molar-refractivity contribution < 1.29 is 28.5 Å².